The van der Waals surface area contributed by atoms with Crippen LogP contribution in [0.1, 0.15) is 106 Å². The van der Waals surface area contributed by atoms with E-state index in [4.69, 9.17) is 4.74 Å². The number of fused-ring (bicyclic) bond motifs is 7. The summed E-state index contributed by atoms with van der Waals surface area (Å²) in [6.45, 7) is 18.7. The molecule has 10 unspecified atom stereocenters. The number of allylic oxidation sites excluding steroid dienone is 2. The molecule has 0 aromatic heterocycles. The van der Waals surface area contributed by atoms with Crippen LogP contribution < -0.4 is 0 Å². The SMILES string of the molecule is CC1CCC2(COC=O)CCC3(C)C(=CCC4C5(C)CCC(O)C(C)(C)C5CCC43C)C2C1C. The van der Waals surface area contributed by atoms with E-state index in [2.05, 4.69) is 54.5 Å². The van der Waals surface area contributed by atoms with Crippen molar-refractivity contribution in [2.75, 3.05) is 6.61 Å². The van der Waals surface area contributed by atoms with E-state index >= 15 is 0 Å². The van der Waals surface area contributed by atoms with Crippen LogP contribution in [-0.2, 0) is 9.53 Å². The van der Waals surface area contributed by atoms with E-state index in [0.29, 0.717) is 47.6 Å². The van der Waals surface area contributed by atoms with Gasteiger partial charge in [-0.3, -0.25) is 4.79 Å². The van der Waals surface area contributed by atoms with Crippen molar-refractivity contribution in [2.24, 2.45) is 56.7 Å². The van der Waals surface area contributed by atoms with Crippen molar-refractivity contribution in [3.63, 3.8) is 0 Å². The molecule has 4 saturated carbocycles. The lowest BCUT2D eigenvalue weighted by molar-refractivity contribution is -0.206. The van der Waals surface area contributed by atoms with E-state index in [9.17, 15) is 9.90 Å². The quantitative estimate of drug-likeness (QED) is 0.351. The summed E-state index contributed by atoms with van der Waals surface area (Å²) >= 11 is 0. The first-order valence-electron chi connectivity index (χ1n) is 14.3. The van der Waals surface area contributed by atoms with Crippen molar-refractivity contribution >= 4 is 6.47 Å². The predicted octanol–water partition coefficient (Wildman–Crippen LogP) is 7.18. The average Bonchev–Trinajstić information content (AvgIpc) is 2.78. The lowest BCUT2D eigenvalue weighted by atomic mass is 9.33. The molecule has 0 radical (unpaired) electrons. The molecule has 34 heavy (non-hydrogen) atoms. The first kappa shape index (κ1) is 24.8. The maximum atomic E-state index is 11.2. The van der Waals surface area contributed by atoms with E-state index in [1.807, 2.05) is 0 Å². The summed E-state index contributed by atoms with van der Waals surface area (Å²) in [7, 11) is 0. The second-order valence-corrected chi connectivity index (χ2v) is 14.8. The van der Waals surface area contributed by atoms with Crippen LogP contribution in [0.25, 0.3) is 0 Å². The van der Waals surface area contributed by atoms with Gasteiger partial charge in [0, 0.05) is 5.41 Å². The number of hydrogen-bond acceptors (Lipinski definition) is 3. The molecule has 10 atom stereocenters. The van der Waals surface area contributed by atoms with Crippen LogP contribution >= 0.6 is 0 Å². The van der Waals surface area contributed by atoms with E-state index in [0.717, 1.165) is 18.8 Å². The molecular formula is C31H50O3. The molecule has 1 N–H and O–H groups in total. The van der Waals surface area contributed by atoms with Crippen LogP contribution in [0.3, 0.4) is 0 Å². The number of hydrogen-bond donors (Lipinski definition) is 1. The summed E-state index contributed by atoms with van der Waals surface area (Å²) in [5, 5.41) is 10.9. The largest absolute Gasteiger partial charge is 0.467 e. The molecule has 5 aliphatic carbocycles. The maximum Gasteiger partial charge on any atom is 0.293 e. The first-order valence-corrected chi connectivity index (χ1v) is 14.3. The molecule has 5 rings (SSSR count). The van der Waals surface area contributed by atoms with E-state index in [-0.39, 0.29) is 22.3 Å². The lowest BCUT2D eigenvalue weighted by Crippen LogP contribution is -2.65. The Bertz CT molecular complexity index is 861. The number of aliphatic hydroxyl groups is 1. The van der Waals surface area contributed by atoms with Gasteiger partial charge in [-0.15, -0.1) is 0 Å². The third kappa shape index (κ3) is 3.00. The Morgan fingerprint density at radius 1 is 0.971 bits per heavy atom. The normalized spacial score (nSPS) is 53.9. The Morgan fingerprint density at radius 2 is 1.71 bits per heavy atom. The summed E-state index contributed by atoms with van der Waals surface area (Å²) in [5.74, 6) is 3.15. The van der Waals surface area contributed by atoms with Gasteiger partial charge >= 0.3 is 0 Å². The van der Waals surface area contributed by atoms with Gasteiger partial charge in [-0.05, 0) is 109 Å². The highest BCUT2D eigenvalue weighted by Gasteiger charge is 2.68. The first-order chi connectivity index (χ1) is 15.9. The van der Waals surface area contributed by atoms with Crippen molar-refractivity contribution in [3.05, 3.63) is 11.6 Å². The fourth-order valence-electron chi connectivity index (χ4n) is 11.1. The Labute approximate surface area is 208 Å². The standard InChI is InChI=1S/C31H50O3/c1-20-10-15-31(18-34-19-32)17-16-29(6)22(26(31)21(20)2)8-9-24-28(5)13-12-25(33)27(3,4)23(28)11-14-30(24,29)7/h8,19-21,23-26,33H,9-18H2,1-7H3. The van der Waals surface area contributed by atoms with E-state index in [1.165, 1.54) is 44.9 Å². The molecule has 3 heteroatoms. The summed E-state index contributed by atoms with van der Waals surface area (Å²) in [5.41, 5.74) is 2.65. The Kier molecular flexibility index (Phi) is 5.72. The summed E-state index contributed by atoms with van der Waals surface area (Å²) < 4.78 is 5.55. The van der Waals surface area contributed by atoms with Gasteiger partial charge in [-0.25, -0.2) is 0 Å². The third-order valence-corrected chi connectivity index (χ3v) is 13.6. The maximum absolute atomic E-state index is 11.2. The fraction of sp³-hybridized carbons (Fsp3) is 0.903. The monoisotopic (exact) mass is 470 g/mol. The van der Waals surface area contributed by atoms with Gasteiger partial charge < -0.3 is 9.84 Å². The van der Waals surface area contributed by atoms with Crippen molar-refractivity contribution in [2.45, 2.75) is 112 Å². The number of ether oxygens (including phenoxy) is 1. The van der Waals surface area contributed by atoms with E-state index in [1.54, 1.807) is 5.57 Å². The smallest absolute Gasteiger partial charge is 0.293 e. The minimum absolute atomic E-state index is 0.000426. The number of aliphatic hydroxyl groups excluding tert-OH is 1. The van der Waals surface area contributed by atoms with Crippen LogP contribution in [-0.4, -0.2) is 24.3 Å². The van der Waals surface area contributed by atoms with Gasteiger partial charge in [0.25, 0.3) is 6.47 Å². The minimum atomic E-state index is -0.169. The molecule has 0 aliphatic heterocycles. The summed E-state index contributed by atoms with van der Waals surface area (Å²) in [6.07, 6.45) is 13.2. The molecule has 0 amide bonds. The third-order valence-electron chi connectivity index (χ3n) is 13.6. The van der Waals surface area contributed by atoms with Gasteiger partial charge in [0.2, 0.25) is 0 Å². The van der Waals surface area contributed by atoms with Crippen molar-refractivity contribution < 1.29 is 14.6 Å². The molecule has 4 fully saturated rings. The second kappa shape index (κ2) is 7.83. The topological polar surface area (TPSA) is 46.5 Å². The van der Waals surface area contributed by atoms with Crippen LogP contribution in [0.2, 0.25) is 0 Å². The van der Waals surface area contributed by atoms with Crippen molar-refractivity contribution in [1.29, 1.82) is 0 Å². The van der Waals surface area contributed by atoms with Gasteiger partial charge in [0.15, 0.2) is 0 Å². The molecule has 3 nitrogen and oxygen atoms in total. The van der Waals surface area contributed by atoms with Gasteiger partial charge in [0.1, 0.15) is 0 Å². The molecule has 5 aliphatic rings. The Hall–Kier alpha value is -0.830. The summed E-state index contributed by atoms with van der Waals surface area (Å²) in [6, 6.07) is 0. The van der Waals surface area contributed by atoms with Crippen LogP contribution in [0.15, 0.2) is 11.6 Å². The molecule has 0 aromatic rings. The molecule has 0 spiro atoms. The van der Waals surface area contributed by atoms with Crippen LogP contribution in [0, 0.1) is 56.7 Å². The van der Waals surface area contributed by atoms with Gasteiger partial charge in [-0.2, -0.15) is 0 Å². The zero-order chi connectivity index (χ0) is 24.7. The lowest BCUT2D eigenvalue weighted by Gasteiger charge is -2.71. The molecular weight excluding hydrogens is 420 g/mol. The fourth-order valence-corrected chi connectivity index (χ4v) is 11.1. The zero-order valence-corrected chi connectivity index (χ0v) is 23.0. The van der Waals surface area contributed by atoms with Crippen LogP contribution in [0.5, 0.6) is 0 Å². The van der Waals surface area contributed by atoms with Crippen molar-refractivity contribution in [3.8, 4) is 0 Å². The van der Waals surface area contributed by atoms with E-state index < -0.39 is 0 Å². The van der Waals surface area contributed by atoms with Gasteiger partial charge in [-0.1, -0.05) is 60.1 Å². The molecule has 0 saturated heterocycles. The highest BCUT2D eigenvalue weighted by atomic mass is 16.5. The molecule has 0 heterocycles. The predicted molar refractivity (Wildman–Crippen MR) is 137 cm³/mol. The Morgan fingerprint density at radius 3 is 2.41 bits per heavy atom. The molecule has 192 valence electrons. The second-order valence-electron chi connectivity index (χ2n) is 14.8. The highest BCUT2D eigenvalue weighted by Crippen LogP contribution is 2.75. The zero-order valence-electron chi connectivity index (χ0n) is 23.0. The van der Waals surface area contributed by atoms with Crippen molar-refractivity contribution in [1.82, 2.24) is 0 Å². The minimum Gasteiger partial charge on any atom is -0.467 e. The Balaban J connectivity index is 1.58. The highest BCUT2D eigenvalue weighted by molar-refractivity contribution is 5.38. The van der Waals surface area contributed by atoms with Crippen LogP contribution in [0.4, 0.5) is 0 Å². The number of carbonyl (C=O) groups is 1. The molecule has 0 bridgehead atoms. The number of carbonyl (C=O) groups excluding carboxylic acids is 1. The van der Waals surface area contributed by atoms with Gasteiger partial charge in [0.05, 0.1) is 12.7 Å². The molecule has 0 aromatic carbocycles. The summed E-state index contributed by atoms with van der Waals surface area (Å²) in [4.78, 5) is 11.2. The average molecular weight is 471 g/mol. The number of rotatable bonds is 3.